The lowest BCUT2D eigenvalue weighted by molar-refractivity contribution is 0.667. The summed E-state index contributed by atoms with van der Waals surface area (Å²) in [4.78, 5) is 5.02. The van der Waals surface area contributed by atoms with Crippen LogP contribution in [0.25, 0.3) is 0 Å². The molecule has 1 heterocycles. The molecule has 0 saturated heterocycles. The average Bonchev–Trinajstić information content (AvgIpc) is 3.56. The van der Waals surface area contributed by atoms with Crippen molar-refractivity contribution < 1.29 is 0 Å². The summed E-state index contributed by atoms with van der Waals surface area (Å²) in [6.45, 7) is 2.28. The fourth-order valence-corrected chi connectivity index (χ4v) is 11.4. The fourth-order valence-electron chi connectivity index (χ4n) is 6.84. The maximum atomic E-state index is 5.02. The number of hydrogen-bond donors (Lipinski definition) is 0. The van der Waals surface area contributed by atoms with Gasteiger partial charge >= 0.3 is 0 Å². The fraction of sp³-hybridized carbons (Fsp3) is 0.195. The van der Waals surface area contributed by atoms with Gasteiger partial charge in [-0.25, -0.2) is 0 Å². The quantitative estimate of drug-likeness (QED) is 0.0784. The van der Waals surface area contributed by atoms with Crippen molar-refractivity contribution in [2.45, 2.75) is 51.0 Å². The van der Waals surface area contributed by atoms with Crippen molar-refractivity contribution in [3.8, 4) is 0 Å². The zero-order valence-corrected chi connectivity index (χ0v) is 27.4. The average molecular weight is 603 g/mol. The summed E-state index contributed by atoms with van der Waals surface area (Å²) < 4.78 is 2.46. The molecule has 224 valence electrons. The molecule has 45 heavy (non-hydrogen) atoms. The molecule has 0 fully saturated rings. The van der Waals surface area contributed by atoms with E-state index in [-0.39, 0.29) is 5.82 Å². The van der Waals surface area contributed by atoms with Crippen LogP contribution in [-0.4, -0.2) is 24.9 Å². The number of benzene rings is 5. The van der Waals surface area contributed by atoms with E-state index in [9.17, 15) is 0 Å². The number of rotatable bonds is 14. The maximum Gasteiger partial charge on any atom is 0.217 e. The summed E-state index contributed by atoms with van der Waals surface area (Å²) in [5, 5.41) is 4.29. The predicted octanol–water partition coefficient (Wildman–Crippen LogP) is 6.57. The highest BCUT2D eigenvalue weighted by molar-refractivity contribution is 7.10. The normalized spacial score (nSPS) is 11.5. The first-order chi connectivity index (χ1) is 22.3. The number of imidazole rings is 1. The molecule has 0 radical (unpaired) electrons. The summed E-state index contributed by atoms with van der Waals surface area (Å²) >= 11 is 0. The monoisotopic (exact) mass is 602 g/mol. The van der Waals surface area contributed by atoms with E-state index >= 15 is 0 Å². The molecule has 0 atom stereocenters. The van der Waals surface area contributed by atoms with E-state index in [1.165, 1.54) is 57.9 Å². The highest BCUT2D eigenvalue weighted by Gasteiger charge is 2.40. The molecule has 6 rings (SSSR count). The van der Waals surface area contributed by atoms with Gasteiger partial charge in [0.1, 0.15) is 0 Å². The van der Waals surface area contributed by atoms with E-state index in [1.807, 2.05) is 6.20 Å². The summed E-state index contributed by atoms with van der Waals surface area (Å²) in [7, 11) is -1.67. The van der Waals surface area contributed by atoms with E-state index in [0.717, 1.165) is 25.6 Å². The van der Waals surface area contributed by atoms with Crippen LogP contribution >= 0.6 is 0 Å². The Morgan fingerprint density at radius 2 is 1.11 bits per heavy atom. The Hall–Kier alpha value is -4.41. The minimum Gasteiger partial charge on any atom is -0.345 e. The van der Waals surface area contributed by atoms with Crippen molar-refractivity contribution in [2.75, 3.05) is 0 Å². The zero-order valence-electron chi connectivity index (χ0n) is 26.4. The van der Waals surface area contributed by atoms with Crippen LogP contribution in [0.1, 0.15) is 55.1 Å². The molecule has 0 bridgehead atoms. The molecule has 0 spiro atoms. The Kier molecular flexibility index (Phi) is 10.2. The standard InChI is InChI=1S/C41H43BN2Si/c1-2-3-4-9-18-34-27-29-39(30-28-34)45(37-23-14-7-15-24-37,38-25-16-8-17-26-38)33-44-32-31-43-41(44)42-40(35-19-10-5-11-20-35)36-21-12-6-13-22-36/h5-8,10-17,19-32,40,42H,2-4,9,18,33H2,1H3. The number of aromatic nitrogens is 2. The van der Waals surface area contributed by atoms with E-state index < -0.39 is 8.07 Å². The highest BCUT2D eigenvalue weighted by atomic mass is 28.3. The van der Waals surface area contributed by atoms with E-state index in [2.05, 4.69) is 163 Å². The van der Waals surface area contributed by atoms with Gasteiger partial charge in [0.2, 0.25) is 7.28 Å². The number of nitrogens with zero attached hydrogens (tertiary/aromatic N) is 2. The van der Waals surface area contributed by atoms with Crippen LogP contribution in [-0.2, 0) is 12.6 Å². The van der Waals surface area contributed by atoms with Gasteiger partial charge in [0.05, 0.1) is 5.72 Å². The largest absolute Gasteiger partial charge is 0.345 e. The molecule has 6 aromatic rings. The summed E-state index contributed by atoms with van der Waals surface area (Å²) in [5.74, 6) is 0.227. The third-order valence-corrected chi connectivity index (χ3v) is 14.1. The Bertz CT molecular complexity index is 1640. The summed E-state index contributed by atoms with van der Waals surface area (Å²) in [6, 6.07) is 54.0. The molecule has 5 aromatic carbocycles. The van der Waals surface area contributed by atoms with Gasteiger partial charge in [-0.3, -0.25) is 4.98 Å². The second-order valence-corrected chi connectivity index (χ2v) is 16.1. The second-order valence-electron chi connectivity index (χ2n) is 12.2. The molecule has 0 amide bonds. The third kappa shape index (κ3) is 7.13. The Balaban J connectivity index is 1.42. The predicted molar refractivity (Wildman–Crippen MR) is 196 cm³/mol. The molecule has 2 nitrogen and oxygen atoms in total. The smallest absolute Gasteiger partial charge is 0.217 e. The van der Waals surface area contributed by atoms with E-state index in [0.29, 0.717) is 0 Å². The first kappa shape index (κ1) is 30.6. The van der Waals surface area contributed by atoms with Crippen LogP contribution < -0.4 is 21.3 Å². The molecule has 0 aliphatic heterocycles. The lowest BCUT2D eigenvalue weighted by atomic mass is 9.58. The van der Waals surface area contributed by atoms with Crippen LogP contribution in [0.4, 0.5) is 0 Å². The van der Waals surface area contributed by atoms with Crippen LogP contribution in [0.15, 0.2) is 158 Å². The number of unbranched alkanes of at least 4 members (excludes halogenated alkanes) is 3. The van der Waals surface area contributed by atoms with Gasteiger partial charge < -0.3 is 4.57 Å². The molecule has 4 heteroatoms. The Morgan fingerprint density at radius 1 is 0.600 bits per heavy atom. The summed E-state index contributed by atoms with van der Waals surface area (Å²) in [6.07, 6.45) is 11.4. The maximum absolute atomic E-state index is 5.02. The first-order valence-corrected chi connectivity index (χ1v) is 18.8. The summed E-state index contributed by atoms with van der Waals surface area (Å²) in [5.41, 5.74) is 5.21. The van der Waals surface area contributed by atoms with Gasteiger partial charge in [-0.15, -0.1) is 0 Å². The van der Waals surface area contributed by atoms with Crippen molar-refractivity contribution in [3.05, 3.63) is 175 Å². The molecule has 0 aliphatic carbocycles. The Morgan fingerprint density at radius 3 is 1.64 bits per heavy atom. The topological polar surface area (TPSA) is 17.8 Å². The van der Waals surface area contributed by atoms with Gasteiger partial charge in [-0.05, 0) is 50.9 Å². The van der Waals surface area contributed by atoms with Crippen molar-refractivity contribution in [2.24, 2.45) is 0 Å². The lowest BCUT2D eigenvalue weighted by Crippen LogP contribution is -2.70. The van der Waals surface area contributed by atoms with Crippen molar-refractivity contribution in [3.63, 3.8) is 0 Å². The highest BCUT2D eigenvalue weighted by Crippen LogP contribution is 2.23. The van der Waals surface area contributed by atoms with Gasteiger partial charge in [-0.1, -0.05) is 172 Å². The van der Waals surface area contributed by atoms with Gasteiger partial charge in [0.25, 0.3) is 0 Å². The van der Waals surface area contributed by atoms with Crippen LogP contribution in [0.2, 0.25) is 0 Å². The van der Waals surface area contributed by atoms with Crippen LogP contribution in [0, 0.1) is 0 Å². The zero-order chi connectivity index (χ0) is 30.7. The van der Waals surface area contributed by atoms with Crippen LogP contribution in [0.3, 0.4) is 0 Å². The minimum absolute atomic E-state index is 0.227. The molecule has 1 aromatic heterocycles. The molecule has 0 N–H and O–H groups in total. The number of aryl methyl sites for hydroxylation is 1. The molecule has 0 aliphatic rings. The van der Waals surface area contributed by atoms with Gasteiger partial charge in [-0.2, -0.15) is 0 Å². The van der Waals surface area contributed by atoms with Crippen molar-refractivity contribution in [1.29, 1.82) is 0 Å². The SMILES string of the molecule is CCCCCCc1ccc([Si](Cn2ccnc2BC(c2ccccc2)c2ccccc2)(c2ccccc2)c2ccccc2)cc1. The number of hydrogen-bond acceptors (Lipinski definition) is 1. The van der Waals surface area contributed by atoms with Crippen LogP contribution in [0.5, 0.6) is 0 Å². The first-order valence-electron chi connectivity index (χ1n) is 16.6. The Labute approximate surface area is 271 Å². The van der Waals surface area contributed by atoms with Crippen molar-refractivity contribution >= 4 is 36.6 Å². The molecular formula is C41H43BN2Si. The van der Waals surface area contributed by atoms with Gasteiger partial charge in [0.15, 0.2) is 8.07 Å². The van der Waals surface area contributed by atoms with Gasteiger partial charge in [0, 0.05) is 18.6 Å². The minimum atomic E-state index is -2.51. The van der Waals surface area contributed by atoms with E-state index in [4.69, 9.17) is 4.98 Å². The molecule has 0 saturated carbocycles. The second kappa shape index (κ2) is 15.1. The molecular weight excluding hydrogens is 559 g/mol. The van der Waals surface area contributed by atoms with Crippen molar-refractivity contribution in [1.82, 2.24) is 9.55 Å². The third-order valence-electron chi connectivity index (χ3n) is 9.30. The lowest BCUT2D eigenvalue weighted by Gasteiger charge is -2.35. The van der Waals surface area contributed by atoms with E-state index in [1.54, 1.807) is 0 Å². The molecule has 0 unspecified atom stereocenters.